The van der Waals surface area contributed by atoms with Gasteiger partial charge in [0.1, 0.15) is 18.1 Å². The van der Waals surface area contributed by atoms with Crippen LogP contribution in [-0.4, -0.2) is 70.0 Å². The van der Waals surface area contributed by atoms with Gasteiger partial charge in [0.2, 0.25) is 17.7 Å². The molecule has 0 radical (unpaired) electrons. The first-order chi connectivity index (χ1) is 17.1. The zero-order chi connectivity index (χ0) is 26.8. The molecule has 0 aliphatic rings. The van der Waals surface area contributed by atoms with E-state index < -0.39 is 47.9 Å². The van der Waals surface area contributed by atoms with Gasteiger partial charge in [0, 0.05) is 23.5 Å². The Morgan fingerprint density at radius 3 is 2.28 bits per heavy atom. The number of H-pyrrole nitrogens is 1. The second-order valence-electron chi connectivity index (χ2n) is 8.97. The van der Waals surface area contributed by atoms with Crippen molar-refractivity contribution in [2.75, 3.05) is 12.0 Å². The summed E-state index contributed by atoms with van der Waals surface area (Å²) in [6, 6.07) is 3.71. The zero-order valence-corrected chi connectivity index (χ0v) is 22.0. The van der Waals surface area contributed by atoms with Crippen LogP contribution >= 0.6 is 11.8 Å². The number of thioether (sulfide) groups is 1. The average molecular weight is 520 g/mol. The minimum Gasteiger partial charge on any atom is -0.480 e. The highest BCUT2D eigenvalue weighted by atomic mass is 32.2. The van der Waals surface area contributed by atoms with E-state index in [2.05, 4.69) is 20.9 Å². The number of carboxylic acids is 1. The Bertz CT molecular complexity index is 1060. The first kappa shape index (κ1) is 29.2. The van der Waals surface area contributed by atoms with E-state index in [1.807, 2.05) is 37.4 Å². The molecule has 0 fully saturated rings. The molecule has 5 atom stereocenters. The van der Waals surface area contributed by atoms with Crippen molar-refractivity contribution in [1.82, 2.24) is 20.9 Å². The van der Waals surface area contributed by atoms with Crippen molar-refractivity contribution in [1.29, 1.82) is 0 Å². The fourth-order valence-corrected chi connectivity index (χ4v) is 4.22. The molecule has 0 aliphatic heterocycles. The topological polar surface area (TPSA) is 166 Å². The summed E-state index contributed by atoms with van der Waals surface area (Å²) in [5, 5.41) is 18.5. The number of aliphatic carboxylic acids is 1. The van der Waals surface area contributed by atoms with Gasteiger partial charge in [-0.2, -0.15) is 11.8 Å². The Kier molecular flexibility index (Phi) is 11.3. The van der Waals surface area contributed by atoms with E-state index in [0.29, 0.717) is 18.6 Å². The lowest BCUT2D eigenvalue weighted by Crippen LogP contribution is -2.58. The van der Waals surface area contributed by atoms with Crippen LogP contribution in [0.5, 0.6) is 0 Å². The van der Waals surface area contributed by atoms with E-state index in [-0.39, 0.29) is 12.3 Å². The second kappa shape index (κ2) is 13.9. The Morgan fingerprint density at radius 2 is 1.67 bits per heavy atom. The number of nitrogens with two attached hydrogens (primary N) is 1. The number of aromatic amines is 1. The van der Waals surface area contributed by atoms with Gasteiger partial charge in [0.15, 0.2) is 0 Å². The van der Waals surface area contributed by atoms with Crippen molar-refractivity contribution in [2.24, 2.45) is 11.7 Å². The highest BCUT2D eigenvalue weighted by molar-refractivity contribution is 7.98. The fraction of sp³-hybridized carbons (Fsp3) is 0.520. The number of aromatic nitrogens is 1. The van der Waals surface area contributed by atoms with E-state index in [1.54, 1.807) is 13.1 Å². The number of amides is 3. The van der Waals surface area contributed by atoms with Crippen molar-refractivity contribution in [3.63, 3.8) is 0 Å². The smallest absolute Gasteiger partial charge is 0.326 e. The van der Waals surface area contributed by atoms with Gasteiger partial charge in [0.25, 0.3) is 0 Å². The van der Waals surface area contributed by atoms with Crippen LogP contribution in [0.1, 0.15) is 39.2 Å². The van der Waals surface area contributed by atoms with Gasteiger partial charge in [-0.05, 0) is 42.9 Å². The van der Waals surface area contributed by atoms with Crippen LogP contribution in [0.2, 0.25) is 0 Å². The molecule has 0 spiro atoms. The third-order valence-electron chi connectivity index (χ3n) is 6.17. The number of rotatable bonds is 14. The highest BCUT2D eigenvalue weighted by Gasteiger charge is 2.32. The molecule has 5 unspecified atom stereocenters. The van der Waals surface area contributed by atoms with Gasteiger partial charge in [-0.15, -0.1) is 0 Å². The largest absolute Gasteiger partial charge is 0.480 e. The molecule has 3 amide bonds. The third-order valence-corrected chi connectivity index (χ3v) is 6.81. The predicted molar refractivity (Wildman–Crippen MR) is 142 cm³/mol. The quantitative estimate of drug-likeness (QED) is 0.219. The molecule has 0 aliphatic carbocycles. The van der Waals surface area contributed by atoms with Gasteiger partial charge in [-0.25, -0.2) is 4.79 Å². The molecule has 1 aromatic heterocycles. The van der Waals surface area contributed by atoms with Gasteiger partial charge in [-0.3, -0.25) is 14.4 Å². The molecule has 0 bridgehead atoms. The summed E-state index contributed by atoms with van der Waals surface area (Å²) in [5.74, 6) is -2.47. The van der Waals surface area contributed by atoms with Crippen molar-refractivity contribution < 1.29 is 24.3 Å². The van der Waals surface area contributed by atoms with Crippen LogP contribution in [0.15, 0.2) is 30.5 Å². The maximum absolute atomic E-state index is 13.3. The maximum Gasteiger partial charge on any atom is 0.326 e. The highest BCUT2D eigenvalue weighted by Crippen LogP contribution is 2.20. The van der Waals surface area contributed by atoms with Gasteiger partial charge in [0.05, 0.1) is 6.04 Å². The van der Waals surface area contributed by atoms with Crippen LogP contribution in [-0.2, 0) is 25.6 Å². The summed E-state index contributed by atoms with van der Waals surface area (Å²) in [6.45, 7) is 5.11. The summed E-state index contributed by atoms with van der Waals surface area (Å²) in [4.78, 5) is 53.7. The van der Waals surface area contributed by atoms with Gasteiger partial charge < -0.3 is 31.8 Å². The van der Waals surface area contributed by atoms with E-state index in [4.69, 9.17) is 5.73 Å². The first-order valence-corrected chi connectivity index (χ1v) is 13.4. The van der Waals surface area contributed by atoms with Crippen molar-refractivity contribution >= 4 is 46.4 Å². The second-order valence-corrected chi connectivity index (χ2v) is 9.95. The van der Waals surface area contributed by atoms with Crippen LogP contribution in [0.25, 0.3) is 10.9 Å². The molecule has 0 saturated heterocycles. The summed E-state index contributed by atoms with van der Waals surface area (Å²) >= 11 is 1.52. The van der Waals surface area contributed by atoms with Crippen LogP contribution in [0.4, 0.5) is 0 Å². The lowest BCUT2D eigenvalue weighted by atomic mass is 9.98. The number of fused-ring (bicyclic) bond motifs is 1. The van der Waals surface area contributed by atoms with E-state index in [0.717, 1.165) is 16.5 Å². The summed E-state index contributed by atoms with van der Waals surface area (Å²) < 4.78 is 0. The molecule has 2 rings (SSSR count). The SMILES string of the molecule is CCC(C)C(NC(=O)C(Cc1c[nH]c2ccccc12)NC(=O)C(CCSC)NC(=O)C(C)N)C(=O)O. The number of benzene rings is 1. The minimum atomic E-state index is -1.14. The zero-order valence-electron chi connectivity index (χ0n) is 21.2. The molecule has 7 N–H and O–H groups in total. The lowest BCUT2D eigenvalue weighted by molar-refractivity contribution is -0.143. The monoisotopic (exact) mass is 519 g/mol. The number of nitrogens with one attached hydrogen (secondary N) is 4. The van der Waals surface area contributed by atoms with Crippen molar-refractivity contribution in [3.05, 3.63) is 36.0 Å². The third kappa shape index (κ3) is 7.99. The molecular formula is C25H37N5O5S. The molecule has 10 nitrogen and oxygen atoms in total. The molecule has 1 aromatic carbocycles. The number of hydrogen-bond donors (Lipinski definition) is 6. The van der Waals surface area contributed by atoms with Crippen LogP contribution in [0.3, 0.4) is 0 Å². The molecule has 198 valence electrons. The minimum absolute atomic E-state index is 0.130. The summed E-state index contributed by atoms with van der Waals surface area (Å²) in [6.07, 6.45) is 4.68. The van der Waals surface area contributed by atoms with Crippen molar-refractivity contribution in [3.8, 4) is 0 Å². The van der Waals surface area contributed by atoms with Gasteiger partial charge in [-0.1, -0.05) is 38.5 Å². The molecule has 11 heteroatoms. The van der Waals surface area contributed by atoms with E-state index in [9.17, 15) is 24.3 Å². The maximum atomic E-state index is 13.3. The summed E-state index contributed by atoms with van der Waals surface area (Å²) in [7, 11) is 0. The fourth-order valence-electron chi connectivity index (χ4n) is 3.75. The van der Waals surface area contributed by atoms with E-state index >= 15 is 0 Å². The number of hydrogen-bond acceptors (Lipinski definition) is 6. The molecular weight excluding hydrogens is 482 g/mol. The molecule has 2 aromatic rings. The Hall–Kier alpha value is -3.05. The number of carbonyl (C=O) groups excluding carboxylic acids is 3. The van der Waals surface area contributed by atoms with Crippen LogP contribution in [0, 0.1) is 5.92 Å². The molecule has 0 saturated carbocycles. The Balaban J connectivity index is 2.33. The first-order valence-electron chi connectivity index (χ1n) is 12.0. The molecule has 36 heavy (non-hydrogen) atoms. The van der Waals surface area contributed by atoms with Crippen molar-refractivity contribution in [2.45, 2.75) is 64.2 Å². The lowest BCUT2D eigenvalue weighted by Gasteiger charge is -2.26. The number of para-hydroxylation sites is 1. The predicted octanol–water partition coefficient (Wildman–Crippen LogP) is 1.40. The average Bonchev–Trinajstić information content (AvgIpc) is 3.26. The Labute approximate surface area is 215 Å². The van der Waals surface area contributed by atoms with E-state index in [1.165, 1.54) is 18.7 Å². The number of carbonyl (C=O) groups is 4. The molecule has 1 heterocycles. The standard InChI is InChI=1S/C25H37N5O5S/c1-5-14(2)21(25(34)35)30-24(33)20(12-16-13-27-18-9-7-6-8-17(16)18)29-23(32)19(10-11-36-4)28-22(31)15(3)26/h6-9,13-15,19-21,27H,5,10-12,26H2,1-4H3,(H,28,31)(H,29,32)(H,30,33)(H,34,35). The Morgan fingerprint density at radius 1 is 1.03 bits per heavy atom. The van der Waals surface area contributed by atoms with Gasteiger partial charge >= 0.3 is 5.97 Å². The summed E-state index contributed by atoms with van der Waals surface area (Å²) in [5.41, 5.74) is 7.33. The normalized spacial score (nSPS) is 15.4. The number of carboxylic acid groups (broad SMARTS) is 1. The van der Waals surface area contributed by atoms with Crippen LogP contribution < -0.4 is 21.7 Å².